The molecule has 4 rings (SSSR count). The Kier molecular flexibility index (Phi) is 5.97. The zero-order valence-electron chi connectivity index (χ0n) is 16.0. The number of aromatic nitrogens is 2. The number of hydrogen-bond donors (Lipinski definition) is 2. The largest absolute Gasteiger partial charge is 0.444 e. The van der Waals surface area contributed by atoms with E-state index in [9.17, 15) is 0 Å². The van der Waals surface area contributed by atoms with Gasteiger partial charge in [-0.15, -0.1) is 11.3 Å². The van der Waals surface area contributed by atoms with Crippen LogP contribution in [0.3, 0.4) is 0 Å². The second kappa shape index (κ2) is 9.16. The van der Waals surface area contributed by atoms with Crippen LogP contribution in [0.2, 0.25) is 0 Å². The van der Waals surface area contributed by atoms with Crippen molar-refractivity contribution in [3.8, 4) is 22.7 Å². The molecule has 2 aromatic heterocycles. The smallest absolute Gasteiger partial charge is 0.226 e. The van der Waals surface area contributed by atoms with Gasteiger partial charge in [-0.3, -0.25) is 4.99 Å². The molecule has 0 unspecified atom stereocenters. The highest BCUT2D eigenvalue weighted by Crippen LogP contribution is 2.21. The number of nitrogens with zero attached hydrogens (tertiary/aromatic N) is 3. The lowest BCUT2D eigenvalue weighted by Crippen LogP contribution is -2.36. The first-order chi connectivity index (χ1) is 14.3. The van der Waals surface area contributed by atoms with E-state index in [1.165, 1.54) is 0 Å². The molecule has 2 aromatic carbocycles. The fourth-order valence-corrected chi connectivity index (χ4v) is 3.53. The van der Waals surface area contributed by atoms with Gasteiger partial charge in [-0.05, 0) is 12.1 Å². The van der Waals surface area contributed by atoms with E-state index in [1.54, 1.807) is 24.6 Å². The number of aliphatic imine (C=N–C) groups is 1. The average molecular weight is 404 g/mol. The van der Waals surface area contributed by atoms with Crippen molar-refractivity contribution in [2.24, 2.45) is 4.99 Å². The first-order valence-corrected chi connectivity index (χ1v) is 10.1. The van der Waals surface area contributed by atoms with E-state index in [-0.39, 0.29) is 0 Å². The minimum absolute atomic E-state index is 0.517. The van der Waals surface area contributed by atoms with E-state index >= 15 is 0 Å². The van der Waals surface area contributed by atoms with Crippen molar-refractivity contribution in [1.29, 1.82) is 0 Å². The average Bonchev–Trinajstić information content (AvgIpc) is 3.45. The van der Waals surface area contributed by atoms with Crippen LogP contribution >= 0.6 is 11.3 Å². The molecule has 29 heavy (non-hydrogen) atoms. The van der Waals surface area contributed by atoms with E-state index < -0.39 is 0 Å². The molecule has 0 spiro atoms. The SMILES string of the molecule is CN=C(NCc1coc(-c2ccccc2)n1)NCc1nc(-c2ccccc2)cs1. The predicted molar refractivity (Wildman–Crippen MR) is 117 cm³/mol. The Hall–Kier alpha value is -3.45. The molecule has 4 aromatic rings. The van der Waals surface area contributed by atoms with Crippen molar-refractivity contribution >= 4 is 17.3 Å². The standard InChI is InChI=1S/C22H21N5OS/c1-23-22(24-12-18-14-28-21(26-18)17-10-6-3-7-11-17)25-13-20-27-19(15-29-20)16-8-4-2-5-9-16/h2-11,14-15H,12-13H2,1H3,(H2,23,24,25). The van der Waals surface area contributed by atoms with Crippen LogP contribution in [0.5, 0.6) is 0 Å². The van der Waals surface area contributed by atoms with E-state index in [0.717, 1.165) is 27.5 Å². The van der Waals surface area contributed by atoms with Crippen LogP contribution in [0.15, 0.2) is 81.7 Å². The number of guanidine groups is 1. The molecule has 0 saturated heterocycles. The Morgan fingerprint density at radius 3 is 2.34 bits per heavy atom. The van der Waals surface area contributed by atoms with Gasteiger partial charge in [-0.1, -0.05) is 48.5 Å². The molecule has 0 amide bonds. The Balaban J connectivity index is 1.31. The number of nitrogens with one attached hydrogen (secondary N) is 2. The van der Waals surface area contributed by atoms with Gasteiger partial charge in [0.15, 0.2) is 5.96 Å². The zero-order valence-corrected chi connectivity index (χ0v) is 16.8. The van der Waals surface area contributed by atoms with Crippen LogP contribution in [0.1, 0.15) is 10.7 Å². The van der Waals surface area contributed by atoms with Gasteiger partial charge >= 0.3 is 0 Å². The lowest BCUT2D eigenvalue weighted by molar-refractivity contribution is 0.572. The van der Waals surface area contributed by atoms with Crippen LogP contribution < -0.4 is 10.6 Å². The number of hydrogen-bond acceptors (Lipinski definition) is 5. The summed E-state index contributed by atoms with van der Waals surface area (Å²) < 4.78 is 5.57. The maximum Gasteiger partial charge on any atom is 0.226 e. The second-order valence-electron chi connectivity index (χ2n) is 6.28. The summed E-state index contributed by atoms with van der Waals surface area (Å²) in [5.41, 5.74) is 3.89. The van der Waals surface area contributed by atoms with Crippen molar-refractivity contribution in [1.82, 2.24) is 20.6 Å². The molecule has 0 fully saturated rings. The molecule has 2 heterocycles. The normalized spacial score (nSPS) is 11.4. The molecule has 0 aliphatic carbocycles. The van der Waals surface area contributed by atoms with Gasteiger partial charge in [-0.25, -0.2) is 9.97 Å². The lowest BCUT2D eigenvalue weighted by Gasteiger charge is -2.09. The zero-order chi connectivity index (χ0) is 19.9. The fraction of sp³-hybridized carbons (Fsp3) is 0.136. The van der Waals surface area contributed by atoms with Gasteiger partial charge in [0, 0.05) is 23.6 Å². The predicted octanol–water partition coefficient (Wildman–Crippen LogP) is 4.33. The number of oxazole rings is 1. The minimum Gasteiger partial charge on any atom is -0.444 e. The molecule has 7 heteroatoms. The summed E-state index contributed by atoms with van der Waals surface area (Å²) >= 11 is 1.63. The third-order valence-corrected chi connectivity index (χ3v) is 5.11. The highest BCUT2D eigenvalue weighted by Gasteiger charge is 2.08. The molecule has 2 N–H and O–H groups in total. The Bertz CT molecular complexity index is 989. The van der Waals surface area contributed by atoms with Gasteiger partial charge in [-0.2, -0.15) is 0 Å². The van der Waals surface area contributed by atoms with Crippen LogP contribution in [-0.2, 0) is 13.1 Å². The molecule has 0 aliphatic heterocycles. The van der Waals surface area contributed by atoms with Gasteiger partial charge in [0.05, 0.1) is 24.5 Å². The van der Waals surface area contributed by atoms with Crippen molar-refractivity contribution < 1.29 is 4.42 Å². The number of thiazole rings is 1. The van der Waals surface area contributed by atoms with Crippen molar-refractivity contribution in [3.05, 3.63) is 83.0 Å². The Morgan fingerprint density at radius 1 is 0.931 bits per heavy atom. The Labute approximate surface area is 173 Å². The quantitative estimate of drug-likeness (QED) is 0.370. The summed E-state index contributed by atoms with van der Waals surface area (Å²) in [6.45, 7) is 1.12. The third-order valence-electron chi connectivity index (χ3n) is 4.26. The first-order valence-electron chi connectivity index (χ1n) is 9.26. The van der Waals surface area contributed by atoms with E-state index in [1.807, 2.05) is 48.5 Å². The molecule has 6 nitrogen and oxygen atoms in total. The molecule has 0 atom stereocenters. The minimum atomic E-state index is 0.517. The van der Waals surface area contributed by atoms with Crippen LogP contribution in [-0.4, -0.2) is 23.0 Å². The molecule has 0 bridgehead atoms. The van der Waals surface area contributed by atoms with Gasteiger partial charge < -0.3 is 15.1 Å². The third kappa shape index (κ3) is 4.89. The fourth-order valence-electron chi connectivity index (χ4n) is 2.79. The van der Waals surface area contributed by atoms with Gasteiger partial charge in [0.1, 0.15) is 11.3 Å². The topological polar surface area (TPSA) is 75.3 Å². The monoisotopic (exact) mass is 403 g/mol. The molecule has 0 saturated carbocycles. The number of rotatable bonds is 6. The van der Waals surface area contributed by atoms with E-state index in [4.69, 9.17) is 4.42 Å². The molecule has 146 valence electrons. The van der Waals surface area contributed by atoms with E-state index in [2.05, 4.69) is 43.1 Å². The summed E-state index contributed by atoms with van der Waals surface area (Å²) in [5, 5.41) is 9.61. The molecule has 0 radical (unpaired) electrons. The highest BCUT2D eigenvalue weighted by atomic mass is 32.1. The second-order valence-corrected chi connectivity index (χ2v) is 7.22. The van der Waals surface area contributed by atoms with Crippen LogP contribution in [0.25, 0.3) is 22.7 Å². The summed E-state index contributed by atoms with van der Waals surface area (Å²) in [5.74, 6) is 1.30. The maximum absolute atomic E-state index is 5.57. The summed E-state index contributed by atoms with van der Waals surface area (Å²) in [4.78, 5) is 13.5. The molecular formula is C22H21N5OS. The van der Waals surface area contributed by atoms with E-state index in [0.29, 0.717) is 24.9 Å². The van der Waals surface area contributed by atoms with Crippen molar-refractivity contribution in [3.63, 3.8) is 0 Å². The van der Waals surface area contributed by atoms with Gasteiger partial charge in [0.2, 0.25) is 5.89 Å². The molecular weight excluding hydrogens is 382 g/mol. The van der Waals surface area contributed by atoms with Crippen LogP contribution in [0.4, 0.5) is 0 Å². The first kappa shape index (κ1) is 18.9. The van der Waals surface area contributed by atoms with Crippen LogP contribution in [0, 0.1) is 0 Å². The highest BCUT2D eigenvalue weighted by molar-refractivity contribution is 7.09. The summed E-state index contributed by atoms with van der Waals surface area (Å²) in [6, 6.07) is 20.0. The number of benzene rings is 2. The Morgan fingerprint density at radius 2 is 1.62 bits per heavy atom. The van der Waals surface area contributed by atoms with Crippen molar-refractivity contribution in [2.75, 3.05) is 7.05 Å². The maximum atomic E-state index is 5.57. The van der Waals surface area contributed by atoms with Gasteiger partial charge in [0.25, 0.3) is 0 Å². The summed E-state index contributed by atoms with van der Waals surface area (Å²) in [7, 11) is 1.74. The lowest BCUT2D eigenvalue weighted by atomic mass is 10.2. The van der Waals surface area contributed by atoms with Crippen molar-refractivity contribution in [2.45, 2.75) is 13.1 Å². The summed E-state index contributed by atoms with van der Waals surface area (Å²) in [6.07, 6.45) is 1.66. The molecule has 0 aliphatic rings.